The molecule has 0 saturated heterocycles. The van der Waals surface area contributed by atoms with Gasteiger partial charge in [0.2, 0.25) is 0 Å². The first kappa shape index (κ1) is 12.7. The Kier molecular flexibility index (Phi) is 3.09. The summed E-state index contributed by atoms with van der Waals surface area (Å²) in [6, 6.07) is 3.77. The van der Waals surface area contributed by atoms with Crippen molar-refractivity contribution in [2.75, 3.05) is 13.2 Å². The Morgan fingerprint density at radius 2 is 1.67 bits per heavy atom. The molecule has 4 rings (SSSR count). The number of hydrogen-bond donors (Lipinski definition) is 1. The Morgan fingerprint density at radius 1 is 0.905 bits per heavy atom. The molecular formula is C17H19NO3. The van der Waals surface area contributed by atoms with E-state index in [0.717, 1.165) is 60.0 Å². The molecule has 0 amide bonds. The van der Waals surface area contributed by atoms with Crippen LogP contribution in [-0.4, -0.2) is 18.2 Å². The van der Waals surface area contributed by atoms with E-state index in [2.05, 4.69) is 4.98 Å². The minimum Gasteiger partial charge on any atom is -0.490 e. The topological polar surface area (TPSA) is 51.3 Å². The van der Waals surface area contributed by atoms with Crippen LogP contribution >= 0.6 is 0 Å². The van der Waals surface area contributed by atoms with E-state index in [0.29, 0.717) is 19.0 Å². The molecule has 0 unspecified atom stereocenters. The predicted octanol–water partition coefficient (Wildman–Crippen LogP) is 2.96. The summed E-state index contributed by atoms with van der Waals surface area (Å²) in [5.74, 6) is 1.43. The van der Waals surface area contributed by atoms with Gasteiger partial charge >= 0.3 is 0 Å². The van der Waals surface area contributed by atoms with Gasteiger partial charge in [0.1, 0.15) is 0 Å². The van der Waals surface area contributed by atoms with Gasteiger partial charge in [-0.3, -0.25) is 4.79 Å². The van der Waals surface area contributed by atoms with E-state index >= 15 is 0 Å². The first-order chi connectivity index (χ1) is 10.3. The van der Waals surface area contributed by atoms with Crippen LogP contribution < -0.4 is 14.9 Å². The molecule has 4 nitrogen and oxygen atoms in total. The van der Waals surface area contributed by atoms with Crippen molar-refractivity contribution in [2.24, 2.45) is 0 Å². The van der Waals surface area contributed by atoms with E-state index in [1.54, 1.807) is 0 Å². The molecule has 110 valence electrons. The van der Waals surface area contributed by atoms with Gasteiger partial charge in [0.15, 0.2) is 16.9 Å². The molecule has 0 saturated carbocycles. The van der Waals surface area contributed by atoms with E-state index in [9.17, 15) is 4.79 Å². The van der Waals surface area contributed by atoms with E-state index < -0.39 is 0 Å². The van der Waals surface area contributed by atoms with Crippen LogP contribution in [0.1, 0.15) is 36.9 Å². The average Bonchev–Trinajstić information content (AvgIpc) is 2.85. The van der Waals surface area contributed by atoms with Crippen LogP contribution in [0.25, 0.3) is 10.9 Å². The highest BCUT2D eigenvalue weighted by Crippen LogP contribution is 2.33. The molecule has 2 heterocycles. The minimum atomic E-state index is 0.163. The summed E-state index contributed by atoms with van der Waals surface area (Å²) in [6.45, 7) is 1.30. The zero-order valence-electron chi connectivity index (χ0n) is 12.0. The molecule has 1 aliphatic heterocycles. The van der Waals surface area contributed by atoms with Crippen LogP contribution in [0.15, 0.2) is 16.9 Å². The van der Waals surface area contributed by atoms with Gasteiger partial charge in [0.25, 0.3) is 0 Å². The zero-order valence-corrected chi connectivity index (χ0v) is 12.0. The molecule has 0 bridgehead atoms. The summed E-state index contributed by atoms with van der Waals surface area (Å²) >= 11 is 0. The number of aryl methyl sites for hydroxylation is 1. The Labute approximate surface area is 123 Å². The number of rotatable bonds is 0. The predicted molar refractivity (Wildman–Crippen MR) is 81.4 cm³/mol. The molecule has 2 aliphatic rings. The highest BCUT2D eigenvalue weighted by Gasteiger charge is 2.18. The van der Waals surface area contributed by atoms with Crippen molar-refractivity contribution in [1.29, 1.82) is 0 Å². The monoisotopic (exact) mass is 285 g/mol. The number of hydrogen-bond acceptors (Lipinski definition) is 3. The second-order valence-corrected chi connectivity index (χ2v) is 5.87. The average molecular weight is 285 g/mol. The second kappa shape index (κ2) is 5.10. The number of aromatic amines is 1. The van der Waals surface area contributed by atoms with E-state index in [1.807, 2.05) is 12.1 Å². The van der Waals surface area contributed by atoms with Gasteiger partial charge in [-0.2, -0.15) is 0 Å². The number of aromatic nitrogens is 1. The van der Waals surface area contributed by atoms with Gasteiger partial charge in [0, 0.05) is 29.1 Å². The highest BCUT2D eigenvalue weighted by atomic mass is 16.5. The maximum atomic E-state index is 12.8. The van der Waals surface area contributed by atoms with Crippen molar-refractivity contribution in [2.45, 2.75) is 38.5 Å². The second-order valence-electron chi connectivity index (χ2n) is 5.87. The number of fused-ring (bicyclic) bond motifs is 3. The molecule has 1 N–H and O–H groups in total. The lowest BCUT2D eigenvalue weighted by Crippen LogP contribution is -2.14. The maximum absolute atomic E-state index is 12.8. The summed E-state index contributed by atoms with van der Waals surface area (Å²) in [7, 11) is 0. The molecule has 4 heteroatoms. The smallest absolute Gasteiger partial charge is 0.192 e. The number of benzene rings is 1. The van der Waals surface area contributed by atoms with Gasteiger partial charge in [0.05, 0.1) is 18.7 Å². The summed E-state index contributed by atoms with van der Waals surface area (Å²) in [4.78, 5) is 16.2. The lowest BCUT2D eigenvalue weighted by molar-refractivity contribution is 0.297. The third kappa shape index (κ3) is 2.19. The van der Waals surface area contributed by atoms with Gasteiger partial charge in [-0.15, -0.1) is 0 Å². The number of ether oxygens (including phenoxy) is 2. The third-order valence-electron chi connectivity index (χ3n) is 4.41. The van der Waals surface area contributed by atoms with Crippen molar-refractivity contribution < 1.29 is 9.47 Å². The standard InChI is InChI=1S/C17H19NO3/c19-17-11-5-2-1-3-6-13(11)18-14-10-16-15(9-12(14)17)20-7-4-8-21-16/h9-10H,1-8H2,(H,18,19). The van der Waals surface area contributed by atoms with Crippen molar-refractivity contribution >= 4 is 10.9 Å². The summed E-state index contributed by atoms with van der Waals surface area (Å²) in [5, 5.41) is 0.722. The molecule has 1 aromatic heterocycles. The van der Waals surface area contributed by atoms with E-state index in [-0.39, 0.29) is 5.43 Å². The number of H-pyrrole nitrogens is 1. The summed E-state index contributed by atoms with van der Waals surface area (Å²) in [5.41, 5.74) is 3.11. The van der Waals surface area contributed by atoms with E-state index in [1.165, 1.54) is 6.42 Å². The van der Waals surface area contributed by atoms with Gasteiger partial charge in [-0.25, -0.2) is 0 Å². The fourth-order valence-electron chi connectivity index (χ4n) is 3.30. The molecule has 1 aliphatic carbocycles. The number of pyridine rings is 1. The van der Waals surface area contributed by atoms with Crippen LogP contribution in [-0.2, 0) is 12.8 Å². The third-order valence-corrected chi connectivity index (χ3v) is 4.41. The van der Waals surface area contributed by atoms with Crippen molar-refractivity contribution in [3.8, 4) is 11.5 Å². The van der Waals surface area contributed by atoms with Gasteiger partial charge in [-0.1, -0.05) is 6.42 Å². The molecule has 0 atom stereocenters. The Morgan fingerprint density at radius 3 is 2.52 bits per heavy atom. The van der Waals surface area contributed by atoms with Gasteiger partial charge < -0.3 is 14.5 Å². The Hall–Kier alpha value is -1.97. The Bertz CT molecular complexity index is 743. The first-order valence-corrected chi connectivity index (χ1v) is 7.80. The van der Waals surface area contributed by atoms with Gasteiger partial charge in [-0.05, 0) is 31.7 Å². The van der Waals surface area contributed by atoms with Crippen LogP contribution in [0, 0.1) is 0 Å². The normalized spacial score (nSPS) is 17.9. The Balaban J connectivity index is 1.95. The summed E-state index contributed by atoms with van der Waals surface area (Å²) < 4.78 is 11.4. The zero-order chi connectivity index (χ0) is 14.2. The van der Waals surface area contributed by atoms with Crippen molar-refractivity contribution in [3.63, 3.8) is 0 Å². The molecule has 0 spiro atoms. The molecule has 21 heavy (non-hydrogen) atoms. The summed E-state index contributed by atoms with van der Waals surface area (Å²) in [6.07, 6.45) is 6.17. The maximum Gasteiger partial charge on any atom is 0.192 e. The van der Waals surface area contributed by atoms with Crippen LogP contribution in [0.2, 0.25) is 0 Å². The quantitative estimate of drug-likeness (QED) is 0.757. The lowest BCUT2D eigenvalue weighted by atomic mass is 10.0. The molecule has 2 aromatic rings. The molecule has 0 radical (unpaired) electrons. The highest BCUT2D eigenvalue weighted by molar-refractivity contribution is 5.83. The lowest BCUT2D eigenvalue weighted by Gasteiger charge is -2.12. The molecule has 1 aromatic carbocycles. The van der Waals surface area contributed by atoms with Crippen LogP contribution in [0.3, 0.4) is 0 Å². The minimum absolute atomic E-state index is 0.163. The van der Waals surface area contributed by atoms with E-state index in [4.69, 9.17) is 9.47 Å². The first-order valence-electron chi connectivity index (χ1n) is 7.80. The fourth-order valence-corrected chi connectivity index (χ4v) is 3.30. The largest absolute Gasteiger partial charge is 0.490 e. The van der Waals surface area contributed by atoms with Crippen LogP contribution in [0.5, 0.6) is 11.5 Å². The van der Waals surface area contributed by atoms with Crippen LogP contribution in [0.4, 0.5) is 0 Å². The fraction of sp³-hybridized carbons (Fsp3) is 0.471. The SMILES string of the molecule is O=c1c2c([nH]c3cc4c(cc13)OCCCO4)CCCCC2. The van der Waals surface area contributed by atoms with Crippen molar-refractivity contribution in [1.82, 2.24) is 4.98 Å². The van der Waals surface area contributed by atoms with Crippen molar-refractivity contribution in [3.05, 3.63) is 33.6 Å². The molecular weight excluding hydrogens is 266 g/mol. The molecule has 0 fully saturated rings. The number of nitrogens with one attached hydrogen (secondary N) is 1.